The number of benzene rings is 1. The second kappa shape index (κ2) is 4.59. The number of aryl methyl sites for hydroxylation is 1. The Morgan fingerprint density at radius 1 is 1.40 bits per heavy atom. The number of ketones is 1. The van der Waals surface area contributed by atoms with Gasteiger partial charge in [0.05, 0.1) is 12.2 Å². The lowest BCUT2D eigenvalue weighted by Crippen LogP contribution is -2.14. The Hall–Kier alpha value is -1.84. The molecule has 1 aromatic rings. The molecular weight excluding hydrogens is 196 g/mol. The number of hydrogen-bond donors (Lipinski definition) is 1. The van der Waals surface area contributed by atoms with Crippen LogP contribution in [0.25, 0.3) is 0 Å². The Morgan fingerprint density at radius 2 is 2.07 bits per heavy atom. The summed E-state index contributed by atoms with van der Waals surface area (Å²) >= 11 is 0. The second-order valence-corrected chi connectivity index (χ2v) is 3.07. The molecule has 0 bridgehead atoms. The third-order valence-corrected chi connectivity index (χ3v) is 1.87. The Kier molecular flexibility index (Phi) is 3.44. The number of carboxylic acids is 1. The summed E-state index contributed by atoms with van der Waals surface area (Å²) in [4.78, 5) is 21.9. The van der Waals surface area contributed by atoms with Crippen LogP contribution in [0.15, 0.2) is 18.2 Å². The van der Waals surface area contributed by atoms with Gasteiger partial charge in [0.2, 0.25) is 0 Å². The van der Waals surface area contributed by atoms with Gasteiger partial charge in [-0.05, 0) is 26.0 Å². The van der Waals surface area contributed by atoms with Crippen LogP contribution < -0.4 is 4.74 Å². The van der Waals surface area contributed by atoms with Gasteiger partial charge < -0.3 is 9.84 Å². The molecular formula is C11H12O4. The van der Waals surface area contributed by atoms with Crippen molar-refractivity contribution in [2.75, 3.05) is 6.61 Å². The molecule has 1 N–H and O–H groups in total. The second-order valence-electron chi connectivity index (χ2n) is 3.07. The molecule has 0 aliphatic heterocycles. The van der Waals surface area contributed by atoms with Crippen LogP contribution in [0.2, 0.25) is 0 Å². The number of carbonyl (C=O) groups is 2. The van der Waals surface area contributed by atoms with E-state index in [1.807, 2.05) is 0 Å². The average Bonchev–Trinajstić information content (AvgIpc) is 2.20. The Bertz CT molecular complexity index is 396. The van der Waals surface area contributed by atoms with Crippen molar-refractivity contribution in [2.24, 2.45) is 0 Å². The third-order valence-electron chi connectivity index (χ3n) is 1.87. The third kappa shape index (κ3) is 2.56. The van der Waals surface area contributed by atoms with Gasteiger partial charge in [0.15, 0.2) is 0 Å². The van der Waals surface area contributed by atoms with Gasteiger partial charge in [-0.15, -0.1) is 0 Å². The minimum Gasteiger partial charge on any atom is -0.493 e. The fraction of sp³-hybridized carbons (Fsp3) is 0.273. The highest BCUT2D eigenvalue weighted by Gasteiger charge is 2.19. The van der Waals surface area contributed by atoms with Gasteiger partial charge in [0.25, 0.3) is 5.78 Å². The zero-order valence-corrected chi connectivity index (χ0v) is 8.61. The lowest BCUT2D eigenvalue weighted by molar-refractivity contribution is -0.131. The van der Waals surface area contributed by atoms with Gasteiger partial charge >= 0.3 is 5.97 Å². The van der Waals surface area contributed by atoms with E-state index < -0.39 is 11.8 Å². The number of carboxylic acid groups (broad SMARTS) is 1. The summed E-state index contributed by atoms with van der Waals surface area (Å²) in [6.07, 6.45) is 0. The number of aliphatic carboxylic acids is 1. The maximum Gasteiger partial charge on any atom is 0.377 e. The highest BCUT2D eigenvalue weighted by Crippen LogP contribution is 2.20. The first kappa shape index (κ1) is 11.2. The molecule has 0 saturated carbocycles. The molecule has 0 heterocycles. The molecule has 0 spiro atoms. The highest BCUT2D eigenvalue weighted by molar-refractivity contribution is 6.40. The number of carbonyl (C=O) groups excluding carboxylic acids is 1. The van der Waals surface area contributed by atoms with Crippen LogP contribution in [-0.4, -0.2) is 23.5 Å². The number of rotatable bonds is 4. The Balaban J connectivity index is 3.17. The predicted molar refractivity (Wildman–Crippen MR) is 54.3 cm³/mol. The van der Waals surface area contributed by atoms with Crippen LogP contribution in [0.5, 0.6) is 5.75 Å². The van der Waals surface area contributed by atoms with E-state index >= 15 is 0 Å². The molecule has 15 heavy (non-hydrogen) atoms. The van der Waals surface area contributed by atoms with Crippen LogP contribution in [0, 0.1) is 6.92 Å². The molecule has 0 saturated heterocycles. The maximum absolute atomic E-state index is 11.3. The molecule has 0 radical (unpaired) electrons. The summed E-state index contributed by atoms with van der Waals surface area (Å²) < 4.78 is 5.18. The van der Waals surface area contributed by atoms with E-state index in [0.29, 0.717) is 12.4 Å². The van der Waals surface area contributed by atoms with Gasteiger partial charge in [0, 0.05) is 0 Å². The summed E-state index contributed by atoms with van der Waals surface area (Å²) in [5.41, 5.74) is 0.924. The van der Waals surface area contributed by atoms with Crippen LogP contribution in [0.3, 0.4) is 0 Å². The van der Waals surface area contributed by atoms with Crippen LogP contribution in [0.1, 0.15) is 22.8 Å². The molecule has 0 aromatic heterocycles. The van der Waals surface area contributed by atoms with Gasteiger partial charge in [-0.3, -0.25) is 4.79 Å². The molecule has 0 amide bonds. The largest absolute Gasteiger partial charge is 0.493 e. The van der Waals surface area contributed by atoms with Gasteiger partial charge in [-0.2, -0.15) is 0 Å². The molecule has 0 aliphatic carbocycles. The van der Waals surface area contributed by atoms with E-state index in [9.17, 15) is 9.59 Å². The first-order valence-electron chi connectivity index (χ1n) is 4.57. The van der Waals surface area contributed by atoms with Gasteiger partial charge in [-0.25, -0.2) is 4.79 Å². The summed E-state index contributed by atoms with van der Waals surface area (Å²) in [6.45, 7) is 3.95. The number of Topliss-reactive ketones (excluding diaryl/α,β-unsaturated/α-hetero) is 1. The van der Waals surface area contributed by atoms with Gasteiger partial charge in [-0.1, -0.05) is 11.6 Å². The summed E-state index contributed by atoms with van der Waals surface area (Å²) in [6, 6.07) is 4.89. The van der Waals surface area contributed by atoms with Crippen LogP contribution >= 0.6 is 0 Å². The molecule has 0 fully saturated rings. The zero-order valence-electron chi connectivity index (χ0n) is 8.61. The molecule has 80 valence electrons. The van der Waals surface area contributed by atoms with Crippen molar-refractivity contribution in [3.8, 4) is 5.75 Å². The fourth-order valence-electron chi connectivity index (χ4n) is 1.22. The lowest BCUT2D eigenvalue weighted by Gasteiger charge is -2.08. The van der Waals surface area contributed by atoms with Crippen molar-refractivity contribution < 1.29 is 19.4 Å². The molecule has 4 heteroatoms. The zero-order chi connectivity index (χ0) is 11.4. The van der Waals surface area contributed by atoms with E-state index in [-0.39, 0.29) is 5.56 Å². The van der Waals surface area contributed by atoms with Crippen molar-refractivity contribution in [3.05, 3.63) is 29.3 Å². The van der Waals surface area contributed by atoms with E-state index in [0.717, 1.165) is 5.56 Å². The lowest BCUT2D eigenvalue weighted by atomic mass is 10.1. The molecule has 1 aromatic carbocycles. The quantitative estimate of drug-likeness (QED) is 0.603. The summed E-state index contributed by atoms with van der Waals surface area (Å²) in [5.74, 6) is -2.10. The Labute approximate surface area is 87.5 Å². The van der Waals surface area contributed by atoms with Crippen LogP contribution in [-0.2, 0) is 4.79 Å². The standard InChI is InChI=1S/C11H12O4/c1-3-15-9-5-4-7(2)6-8(9)10(12)11(13)14/h4-6H,3H2,1-2H3,(H,13,14). The predicted octanol–water partition coefficient (Wildman–Crippen LogP) is 1.66. The summed E-state index contributed by atoms with van der Waals surface area (Å²) in [7, 11) is 0. The van der Waals surface area contributed by atoms with Crippen molar-refractivity contribution in [2.45, 2.75) is 13.8 Å². The Morgan fingerprint density at radius 3 is 2.60 bits per heavy atom. The van der Waals surface area contributed by atoms with Crippen molar-refractivity contribution >= 4 is 11.8 Å². The van der Waals surface area contributed by atoms with E-state index in [4.69, 9.17) is 9.84 Å². The minimum atomic E-state index is -1.47. The van der Waals surface area contributed by atoms with E-state index in [1.165, 1.54) is 6.07 Å². The smallest absolute Gasteiger partial charge is 0.377 e. The summed E-state index contributed by atoms with van der Waals surface area (Å²) in [5, 5.41) is 8.61. The first-order chi connectivity index (χ1) is 7.06. The molecule has 0 unspecified atom stereocenters. The molecule has 1 rings (SSSR count). The first-order valence-corrected chi connectivity index (χ1v) is 4.57. The average molecular weight is 208 g/mol. The SMILES string of the molecule is CCOc1ccc(C)cc1C(=O)C(=O)O. The topological polar surface area (TPSA) is 63.6 Å². The van der Waals surface area contributed by atoms with E-state index in [1.54, 1.807) is 26.0 Å². The maximum atomic E-state index is 11.3. The number of ether oxygens (including phenoxy) is 1. The van der Waals surface area contributed by atoms with Crippen molar-refractivity contribution in [3.63, 3.8) is 0 Å². The van der Waals surface area contributed by atoms with Crippen LogP contribution in [0.4, 0.5) is 0 Å². The molecule has 0 atom stereocenters. The fourth-order valence-corrected chi connectivity index (χ4v) is 1.22. The van der Waals surface area contributed by atoms with Gasteiger partial charge in [0.1, 0.15) is 5.75 Å². The highest BCUT2D eigenvalue weighted by atomic mass is 16.5. The molecule has 4 nitrogen and oxygen atoms in total. The monoisotopic (exact) mass is 208 g/mol. The van der Waals surface area contributed by atoms with Crippen molar-refractivity contribution in [1.82, 2.24) is 0 Å². The molecule has 0 aliphatic rings. The van der Waals surface area contributed by atoms with Crippen molar-refractivity contribution in [1.29, 1.82) is 0 Å². The van der Waals surface area contributed by atoms with E-state index in [2.05, 4.69) is 0 Å². The minimum absolute atomic E-state index is 0.101. The number of hydrogen-bond acceptors (Lipinski definition) is 3. The normalized spacial score (nSPS) is 9.73.